The number of methoxy groups -OCH3 is 1. The van der Waals surface area contributed by atoms with E-state index in [0.29, 0.717) is 17.7 Å². The first-order valence-corrected chi connectivity index (χ1v) is 11.7. The molecule has 0 unspecified atom stereocenters. The van der Waals surface area contributed by atoms with Gasteiger partial charge in [-0.25, -0.2) is 4.68 Å². The average Bonchev–Trinajstić information content (AvgIpc) is 3.55. The molecule has 0 atom stereocenters. The fourth-order valence-corrected chi connectivity index (χ4v) is 4.95. The summed E-state index contributed by atoms with van der Waals surface area (Å²) in [5, 5.41) is 4.71. The lowest BCUT2D eigenvalue weighted by Gasteiger charge is -2.28. The molecule has 33 heavy (non-hydrogen) atoms. The lowest BCUT2D eigenvalue weighted by atomic mass is 9.92. The number of carbonyl (C=O) groups excluding carboxylic acids is 1. The molecule has 1 aliphatic heterocycles. The van der Waals surface area contributed by atoms with Crippen LogP contribution in [0.2, 0.25) is 0 Å². The second-order valence-corrected chi connectivity index (χ2v) is 9.61. The number of amides is 1. The van der Waals surface area contributed by atoms with E-state index in [4.69, 9.17) is 9.84 Å². The van der Waals surface area contributed by atoms with E-state index in [9.17, 15) is 4.79 Å². The van der Waals surface area contributed by atoms with E-state index in [0.717, 1.165) is 41.3 Å². The van der Waals surface area contributed by atoms with Crippen LogP contribution in [0.4, 0.5) is 5.69 Å². The molecule has 3 aromatic rings. The third-order valence-electron chi connectivity index (χ3n) is 7.22. The Morgan fingerprint density at radius 2 is 1.70 bits per heavy atom. The van der Waals surface area contributed by atoms with Crippen molar-refractivity contribution in [3.8, 4) is 11.4 Å². The first-order valence-electron chi connectivity index (χ1n) is 11.7. The Kier molecular flexibility index (Phi) is 5.49. The Morgan fingerprint density at radius 3 is 2.30 bits per heavy atom. The van der Waals surface area contributed by atoms with Crippen LogP contribution in [0, 0.1) is 6.92 Å². The summed E-state index contributed by atoms with van der Waals surface area (Å²) in [6.45, 7) is 3.76. The third kappa shape index (κ3) is 3.93. The van der Waals surface area contributed by atoms with E-state index in [1.807, 2.05) is 36.1 Å². The zero-order valence-electron chi connectivity index (χ0n) is 20.0. The summed E-state index contributed by atoms with van der Waals surface area (Å²) < 4.78 is 7.06. The Bertz CT molecular complexity index is 1160. The molecule has 0 N–H and O–H groups in total. The monoisotopic (exact) mass is 444 g/mol. The number of nitrogens with zero attached hydrogens (tertiary/aromatic N) is 4. The van der Waals surface area contributed by atoms with Crippen LogP contribution < -0.4 is 9.64 Å². The van der Waals surface area contributed by atoms with Gasteiger partial charge in [-0.2, -0.15) is 5.10 Å². The van der Waals surface area contributed by atoms with Crippen LogP contribution in [0.5, 0.6) is 5.75 Å². The van der Waals surface area contributed by atoms with Crippen molar-refractivity contribution in [3.05, 3.63) is 71.0 Å². The molecular weight excluding hydrogens is 412 g/mol. The van der Waals surface area contributed by atoms with Gasteiger partial charge in [0, 0.05) is 17.8 Å². The lowest BCUT2D eigenvalue weighted by Crippen LogP contribution is -2.38. The summed E-state index contributed by atoms with van der Waals surface area (Å²) in [7, 11) is 5.91. The summed E-state index contributed by atoms with van der Waals surface area (Å²) in [6.07, 6.45) is 4.50. The Morgan fingerprint density at radius 1 is 1.03 bits per heavy atom. The predicted molar refractivity (Wildman–Crippen MR) is 131 cm³/mol. The number of carbonyl (C=O) groups is 1. The molecule has 0 saturated heterocycles. The highest BCUT2D eigenvalue weighted by Crippen LogP contribution is 2.51. The number of hydrogen-bond acceptors (Lipinski definition) is 4. The maximum absolute atomic E-state index is 13.7. The summed E-state index contributed by atoms with van der Waals surface area (Å²) >= 11 is 0. The van der Waals surface area contributed by atoms with Crippen molar-refractivity contribution in [3.63, 3.8) is 0 Å². The molecule has 1 fully saturated rings. The number of fused-ring (bicyclic) bond motifs is 1. The minimum atomic E-state index is 0.00848. The van der Waals surface area contributed by atoms with Gasteiger partial charge >= 0.3 is 0 Å². The predicted octanol–water partition coefficient (Wildman–Crippen LogP) is 4.38. The smallest absolute Gasteiger partial charge is 0.277 e. The lowest BCUT2D eigenvalue weighted by molar-refractivity contribution is 0.0973. The number of hydrogen-bond donors (Lipinski definition) is 0. The minimum absolute atomic E-state index is 0.00848. The highest BCUT2D eigenvalue weighted by Gasteiger charge is 2.43. The van der Waals surface area contributed by atoms with Crippen LogP contribution >= 0.6 is 0 Å². The van der Waals surface area contributed by atoms with Gasteiger partial charge in [-0.05, 0) is 101 Å². The summed E-state index contributed by atoms with van der Waals surface area (Å²) in [5.74, 6) is 0.790. The van der Waals surface area contributed by atoms with Gasteiger partial charge in [0.05, 0.1) is 18.5 Å². The topological polar surface area (TPSA) is 50.6 Å². The van der Waals surface area contributed by atoms with Gasteiger partial charge in [0.25, 0.3) is 5.91 Å². The molecule has 1 amide bonds. The van der Waals surface area contributed by atoms with Gasteiger partial charge in [0.1, 0.15) is 11.4 Å². The number of ether oxygens (including phenoxy) is 1. The van der Waals surface area contributed by atoms with Gasteiger partial charge in [-0.1, -0.05) is 12.1 Å². The molecule has 2 aliphatic rings. The van der Waals surface area contributed by atoms with Crippen molar-refractivity contribution in [2.24, 2.45) is 0 Å². The van der Waals surface area contributed by atoms with Gasteiger partial charge in [-0.15, -0.1) is 0 Å². The second kappa shape index (κ2) is 8.34. The van der Waals surface area contributed by atoms with Crippen LogP contribution in [0.3, 0.4) is 0 Å². The maximum atomic E-state index is 13.7. The SMILES string of the molecule is COc1ccc(-n2nc(C)c3c2C(=O)N(c2ccc(C4(CCN(C)C)CC4)cc2)CC3)cc1. The van der Waals surface area contributed by atoms with Gasteiger partial charge in [-0.3, -0.25) is 4.79 Å². The molecular formula is C27H32N4O2. The van der Waals surface area contributed by atoms with Crippen molar-refractivity contribution >= 4 is 11.6 Å². The van der Waals surface area contributed by atoms with Crippen LogP contribution in [0.25, 0.3) is 5.69 Å². The highest BCUT2D eigenvalue weighted by molar-refractivity contribution is 6.07. The highest BCUT2D eigenvalue weighted by atomic mass is 16.5. The minimum Gasteiger partial charge on any atom is -0.497 e. The molecule has 172 valence electrons. The Hall–Kier alpha value is -3.12. The molecule has 2 aromatic carbocycles. The fraction of sp³-hybridized carbons (Fsp3) is 0.407. The molecule has 5 rings (SSSR count). The molecule has 2 heterocycles. The summed E-state index contributed by atoms with van der Waals surface area (Å²) in [4.78, 5) is 17.8. The molecule has 1 aliphatic carbocycles. The third-order valence-corrected chi connectivity index (χ3v) is 7.22. The van der Waals surface area contributed by atoms with E-state index in [1.165, 1.54) is 24.8 Å². The summed E-state index contributed by atoms with van der Waals surface area (Å²) in [5.41, 5.74) is 6.17. The molecule has 0 bridgehead atoms. The Labute approximate surface area is 195 Å². The first kappa shape index (κ1) is 21.7. The van der Waals surface area contributed by atoms with Crippen LogP contribution in [0.1, 0.15) is 46.6 Å². The van der Waals surface area contributed by atoms with E-state index in [-0.39, 0.29) is 5.91 Å². The summed E-state index contributed by atoms with van der Waals surface area (Å²) in [6, 6.07) is 16.4. The van der Waals surface area contributed by atoms with Crippen molar-refractivity contribution in [1.29, 1.82) is 0 Å². The Balaban J connectivity index is 1.41. The first-order chi connectivity index (χ1) is 15.9. The average molecular weight is 445 g/mol. The van der Waals surface area contributed by atoms with Crippen LogP contribution in [-0.2, 0) is 11.8 Å². The van der Waals surface area contributed by atoms with Crippen molar-refractivity contribution < 1.29 is 9.53 Å². The zero-order chi connectivity index (χ0) is 23.2. The van der Waals surface area contributed by atoms with Gasteiger partial charge < -0.3 is 14.5 Å². The van der Waals surface area contributed by atoms with Gasteiger partial charge in [0.2, 0.25) is 0 Å². The van der Waals surface area contributed by atoms with Crippen molar-refractivity contribution in [2.45, 2.75) is 38.0 Å². The van der Waals surface area contributed by atoms with E-state index < -0.39 is 0 Å². The van der Waals surface area contributed by atoms with E-state index in [1.54, 1.807) is 11.8 Å². The quantitative estimate of drug-likeness (QED) is 0.543. The van der Waals surface area contributed by atoms with Crippen LogP contribution in [-0.4, -0.2) is 54.9 Å². The number of rotatable bonds is 7. The molecule has 0 radical (unpaired) electrons. The fourth-order valence-electron chi connectivity index (χ4n) is 4.95. The van der Waals surface area contributed by atoms with Crippen molar-refractivity contribution in [2.75, 3.05) is 39.2 Å². The molecule has 6 nitrogen and oxygen atoms in total. The molecule has 1 saturated carbocycles. The standard InChI is InChI=1S/C27H32N4O2/c1-19-24-13-17-30(21-7-5-20(6-8-21)27(14-15-27)16-18-29(2)3)26(32)25(24)31(28-19)22-9-11-23(33-4)12-10-22/h5-12H,13-18H2,1-4H3. The number of benzene rings is 2. The second-order valence-electron chi connectivity index (χ2n) is 9.61. The number of anilines is 1. The molecule has 0 spiro atoms. The van der Waals surface area contributed by atoms with Crippen molar-refractivity contribution in [1.82, 2.24) is 14.7 Å². The van der Waals surface area contributed by atoms with E-state index >= 15 is 0 Å². The number of aromatic nitrogens is 2. The largest absolute Gasteiger partial charge is 0.497 e. The zero-order valence-corrected chi connectivity index (χ0v) is 20.0. The van der Waals surface area contributed by atoms with E-state index in [2.05, 4.69) is 43.3 Å². The molecule has 1 aromatic heterocycles. The number of aryl methyl sites for hydroxylation is 1. The molecule has 6 heteroatoms. The van der Waals surface area contributed by atoms with Gasteiger partial charge in [0.15, 0.2) is 0 Å². The maximum Gasteiger partial charge on any atom is 0.277 e. The van der Waals surface area contributed by atoms with Crippen LogP contribution in [0.15, 0.2) is 48.5 Å². The normalized spacial score (nSPS) is 16.8.